The minimum atomic E-state index is 0.400. The maximum Gasteiger partial charge on any atom is 0.266 e. The summed E-state index contributed by atoms with van der Waals surface area (Å²) in [4.78, 5) is 3.40. The molecule has 0 unspecified atom stereocenters. The standard InChI is InChI=1S/C14H12N2OS/c1-9-2-4-10(5-3-9)15-11-6-7-13-12(8-11)16-14(18)17-13/h2-8,15H,1H3,(H,16,18). The van der Waals surface area contributed by atoms with Gasteiger partial charge in [-0.15, -0.1) is 0 Å². The predicted octanol–water partition coefficient (Wildman–Crippen LogP) is 4.54. The molecule has 1 aromatic heterocycles. The van der Waals surface area contributed by atoms with Crippen molar-refractivity contribution < 1.29 is 4.42 Å². The predicted molar refractivity (Wildman–Crippen MR) is 75.9 cm³/mol. The number of anilines is 2. The van der Waals surface area contributed by atoms with Crippen LogP contribution in [0.15, 0.2) is 46.9 Å². The van der Waals surface area contributed by atoms with Crippen molar-refractivity contribution in [1.29, 1.82) is 0 Å². The molecule has 3 aromatic rings. The molecule has 90 valence electrons. The van der Waals surface area contributed by atoms with Crippen LogP contribution in [0.25, 0.3) is 11.1 Å². The fourth-order valence-corrected chi connectivity index (χ4v) is 2.03. The van der Waals surface area contributed by atoms with Crippen molar-refractivity contribution in [3.8, 4) is 0 Å². The summed E-state index contributed by atoms with van der Waals surface area (Å²) in [5, 5.41) is 3.34. The summed E-state index contributed by atoms with van der Waals surface area (Å²) in [5.74, 6) is 0. The van der Waals surface area contributed by atoms with Crippen LogP contribution in [-0.4, -0.2) is 4.98 Å². The number of H-pyrrole nitrogens is 1. The molecule has 2 aromatic carbocycles. The maximum atomic E-state index is 5.32. The lowest BCUT2D eigenvalue weighted by Gasteiger charge is -2.06. The van der Waals surface area contributed by atoms with Crippen molar-refractivity contribution in [3.63, 3.8) is 0 Å². The van der Waals surface area contributed by atoms with Gasteiger partial charge < -0.3 is 14.7 Å². The molecule has 0 amide bonds. The van der Waals surface area contributed by atoms with E-state index in [2.05, 4.69) is 41.5 Å². The maximum absolute atomic E-state index is 5.32. The van der Waals surface area contributed by atoms with E-state index in [4.69, 9.17) is 16.6 Å². The average Bonchev–Trinajstić information content (AvgIpc) is 2.71. The van der Waals surface area contributed by atoms with Gasteiger partial charge in [0.1, 0.15) is 0 Å². The van der Waals surface area contributed by atoms with Gasteiger partial charge in [-0.05, 0) is 49.5 Å². The van der Waals surface area contributed by atoms with E-state index in [1.54, 1.807) is 0 Å². The number of nitrogens with one attached hydrogen (secondary N) is 2. The first-order valence-electron chi connectivity index (χ1n) is 5.67. The van der Waals surface area contributed by atoms with Gasteiger partial charge in [0.15, 0.2) is 5.58 Å². The molecule has 3 nitrogen and oxygen atoms in total. The second-order valence-electron chi connectivity index (χ2n) is 4.22. The second kappa shape index (κ2) is 4.31. The Bertz CT molecular complexity index is 740. The van der Waals surface area contributed by atoms with E-state index in [0.717, 1.165) is 22.5 Å². The van der Waals surface area contributed by atoms with Crippen molar-refractivity contribution >= 4 is 34.7 Å². The molecule has 0 saturated carbocycles. The molecule has 0 aliphatic heterocycles. The van der Waals surface area contributed by atoms with E-state index in [9.17, 15) is 0 Å². The summed E-state index contributed by atoms with van der Waals surface area (Å²) in [6, 6.07) is 14.1. The van der Waals surface area contributed by atoms with Crippen LogP contribution in [-0.2, 0) is 0 Å². The summed E-state index contributed by atoms with van der Waals surface area (Å²) in [7, 11) is 0. The van der Waals surface area contributed by atoms with E-state index in [0.29, 0.717) is 4.84 Å². The van der Waals surface area contributed by atoms with Gasteiger partial charge in [-0.1, -0.05) is 17.7 Å². The van der Waals surface area contributed by atoms with Crippen LogP contribution in [0, 0.1) is 11.8 Å². The number of aromatic nitrogens is 1. The van der Waals surface area contributed by atoms with Crippen LogP contribution in [0.3, 0.4) is 0 Å². The molecule has 18 heavy (non-hydrogen) atoms. The quantitative estimate of drug-likeness (QED) is 0.661. The second-order valence-corrected chi connectivity index (χ2v) is 4.59. The van der Waals surface area contributed by atoms with E-state index < -0.39 is 0 Å². The van der Waals surface area contributed by atoms with Gasteiger partial charge in [0, 0.05) is 11.4 Å². The zero-order valence-electron chi connectivity index (χ0n) is 9.86. The van der Waals surface area contributed by atoms with Crippen molar-refractivity contribution in [2.45, 2.75) is 6.92 Å². The van der Waals surface area contributed by atoms with Gasteiger partial charge >= 0.3 is 0 Å². The zero-order chi connectivity index (χ0) is 12.5. The molecule has 4 heteroatoms. The third kappa shape index (κ3) is 2.15. The SMILES string of the molecule is Cc1ccc(Nc2ccc3oc(=S)[nH]c3c2)cc1. The molecular weight excluding hydrogens is 244 g/mol. The first kappa shape index (κ1) is 11.0. The van der Waals surface area contributed by atoms with Crippen LogP contribution in [0.1, 0.15) is 5.56 Å². The normalized spacial score (nSPS) is 10.7. The lowest BCUT2D eigenvalue weighted by atomic mass is 10.2. The number of fused-ring (bicyclic) bond motifs is 1. The van der Waals surface area contributed by atoms with Gasteiger partial charge in [-0.3, -0.25) is 0 Å². The van der Waals surface area contributed by atoms with Gasteiger partial charge in [0.25, 0.3) is 4.84 Å². The highest BCUT2D eigenvalue weighted by molar-refractivity contribution is 7.71. The molecular formula is C14H12N2OS. The lowest BCUT2D eigenvalue weighted by Crippen LogP contribution is -1.89. The molecule has 0 aliphatic carbocycles. The van der Waals surface area contributed by atoms with E-state index in [1.807, 2.05) is 18.2 Å². The molecule has 3 rings (SSSR count). The average molecular weight is 256 g/mol. The van der Waals surface area contributed by atoms with Gasteiger partial charge in [-0.2, -0.15) is 0 Å². The highest BCUT2D eigenvalue weighted by Gasteiger charge is 2.01. The highest BCUT2D eigenvalue weighted by Crippen LogP contribution is 2.22. The van der Waals surface area contributed by atoms with Crippen LogP contribution in [0.2, 0.25) is 0 Å². The number of oxazole rings is 1. The van der Waals surface area contributed by atoms with Crippen molar-refractivity contribution in [1.82, 2.24) is 4.98 Å². The molecule has 0 atom stereocenters. The number of aryl methyl sites for hydroxylation is 1. The first-order valence-corrected chi connectivity index (χ1v) is 6.08. The Labute approximate surface area is 109 Å². The summed E-state index contributed by atoms with van der Waals surface area (Å²) in [5.41, 5.74) is 4.97. The van der Waals surface area contributed by atoms with E-state index in [-0.39, 0.29) is 0 Å². The Hall–Kier alpha value is -2.07. The number of hydrogen-bond acceptors (Lipinski definition) is 3. The van der Waals surface area contributed by atoms with Crippen molar-refractivity contribution in [2.75, 3.05) is 5.32 Å². The third-order valence-corrected chi connectivity index (χ3v) is 2.94. The lowest BCUT2D eigenvalue weighted by molar-refractivity contribution is 0.583. The summed E-state index contributed by atoms with van der Waals surface area (Å²) in [6.45, 7) is 2.07. The summed E-state index contributed by atoms with van der Waals surface area (Å²) >= 11 is 4.96. The number of rotatable bonds is 2. The Balaban J connectivity index is 1.94. The summed E-state index contributed by atoms with van der Waals surface area (Å²) in [6.07, 6.45) is 0. The van der Waals surface area contributed by atoms with E-state index in [1.165, 1.54) is 5.56 Å². The Morgan fingerprint density at radius 2 is 1.78 bits per heavy atom. The number of benzene rings is 2. The topological polar surface area (TPSA) is 41.0 Å². The highest BCUT2D eigenvalue weighted by atomic mass is 32.1. The zero-order valence-corrected chi connectivity index (χ0v) is 10.7. The van der Waals surface area contributed by atoms with Gasteiger partial charge in [0.05, 0.1) is 5.52 Å². The largest absolute Gasteiger partial charge is 0.429 e. The Morgan fingerprint density at radius 3 is 2.56 bits per heavy atom. The smallest absolute Gasteiger partial charge is 0.266 e. The fourth-order valence-electron chi connectivity index (χ4n) is 1.83. The molecule has 0 spiro atoms. The molecule has 0 radical (unpaired) electrons. The monoisotopic (exact) mass is 256 g/mol. The number of hydrogen-bond donors (Lipinski definition) is 2. The van der Waals surface area contributed by atoms with Crippen LogP contribution in [0.4, 0.5) is 11.4 Å². The molecule has 0 aliphatic rings. The minimum Gasteiger partial charge on any atom is -0.429 e. The molecule has 1 heterocycles. The number of aromatic amines is 1. The van der Waals surface area contributed by atoms with E-state index >= 15 is 0 Å². The fraction of sp³-hybridized carbons (Fsp3) is 0.0714. The molecule has 0 bridgehead atoms. The van der Waals surface area contributed by atoms with Gasteiger partial charge in [0.2, 0.25) is 0 Å². The Morgan fingerprint density at radius 1 is 1.06 bits per heavy atom. The van der Waals surface area contributed by atoms with Crippen LogP contribution in [0.5, 0.6) is 0 Å². The minimum absolute atomic E-state index is 0.400. The molecule has 0 saturated heterocycles. The Kier molecular flexibility index (Phi) is 2.64. The third-order valence-electron chi connectivity index (χ3n) is 2.76. The molecule has 0 fully saturated rings. The van der Waals surface area contributed by atoms with Crippen LogP contribution < -0.4 is 5.32 Å². The van der Waals surface area contributed by atoms with Crippen molar-refractivity contribution in [3.05, 3.63) is 52.9 Å². The van der Waals surface area contributed by atoms with Crippen LogP contribution >= 0.6 is 12.2 Å². The van der Waals surface area contributed by atoms with Crippen molar-refractivity contribution in [2.24, 2.45) is 0 Å². The van der Waals surface area contributed by atoms with Gasteiger partial charge in [-0.25, -0.2) is 0 Å². The molecule has 2 N–H and O–H groups in total. The summed E-state index contributed by atoms with van der Waals surface area (Å²) < 4.78 is 5.32. The first-order chi connectivity index (χ1) is 8.70.